The van der Waals surface area contributed by atoms with Crippen molar-refractivity contribution >= 4 is 0 Å². The third-order valence-corrected chi connectivity index (χ3v) is 3.59. The Kier molecular flexibility index (Phi) is 5.13. The molecule has 4 heteroatoms. The molecular weight excluding hydrogens is 238 g/mol. The normalized spacial score (nSPS) is 14.7. The second-order valence-corrected chi connectivity index (χ2v) is 7.44. The summed E-state index contributed by atoms with van der Waals surface area (Å²) in [4.78, 5) is 4.49. The molecule has 0 saturated carbocycles. The van der Waals surface area contributed by atoms with E-state index < -0.39 is 0 Å². The van der Waals surface area contributed by atoms with Gasteiger partial charge in [0.05, 0.1) is 0 Å². The smallest absolute Gasteiger partial charge is 0.226 e. The largest absolute Gasteiger partial charge is 0.339 e. The summed E-state index contributed by atoms with van der Waals surface area (Å²) in [5.74, 6) is 2.12. The fraction of sp³-hybridized carbons (Fsp3) is 0.867. The highest BCUT2D eigenvalue weighted by Crippen LogP contribution is 2.32. The number of hydrogen-bond acceptors (Lipinski definition) is 4. The molecule has 0 aliphatic carbocycles. The zero-order chi connectivity index (χ0) is 14.7. The fourth-order valence-electron chi connectivity index (χ4n) is 2.17. The van der Waals surface area contributed by atoms with Gasteiger partial charge in [0, 0.05) is 11.8 Å². The molecule has 1 heterocycles. The first kappa shape index (κ1) is 16.2. The Bertz CT molecular complexity index is 385. The molecule has 2 N–H and O–H groups in total. The molecule has 0 bridgehead atoms. The van der Waals surface area contributed by atoms with E-state index in [2.05, 4.69) is 51.7 Å². The molecule has 0 aromatic carbocycles. The van der Waals surface area contributed by atoms with Gasteiger partial charge in [0.15, 0.2) is 5.82 Å². The molecule has 1 rings (SSSR count). The van der Waals surface area contributed by atoms with Crippen LogP contribution in [0.5, 0.6) is 0 Å². The van der Waals surface area contributed by atoms with E-state index in [9.17, 15) is 0 Å². The second kappa shape index (κ2) is 6.04. The molecule has 0 amide bonds. The van der Waals surface area contributed by atoms with Crippen molar-refractivity contribution in [3.8, 4) is 0 Å². The molecule has 0 aliphatic heterocycles. The van der Waals surface area contributed by atoms with Crippen molar-refractivity contribution in [2.75, 3.05) is 6.54 Å². The van der Waals surface area contributed by atoms with Gasteiger partial charge in [-0.25, -0.2) is 0 Å². The van der Waals surface area contributed by atoms with E-state index in [-0.39, 0.29) is 10.8 Å². The van der Waals surface area contributed by atoms with E-state index in [1.807, 2.05) is 0 Å². The van der Waals surface area contributed by atoms with Crippen molar-refractivity contribution in [3.63, 3.8) is 0 Å². The average molecular weight is 267 g/mol. The quantitative estimate of drug-likeness (QED) is 0.889. The summed E-state index contributed by atoms with van der Waals surface area (Å²) < 4.78 is 5.34. The Morgan fingerprint density at radius 3 is 2.16 bits per heavy atom. The highest BCUT2D eigenvalue weighted by Gasteiger charge is 2.25. The zero-order valence-corrected chi connectivity index (χ0v) is 13.3. The molecule has 0 spiro atoms. The van der Waals surface area contributed by atoms with Crippen LogP contribution in [0.2, 0.25) is 0 Å². The zero-order valence-electron chi connectivity index (χ0n) is 13.3. The first-order chi connectivity index (χ1) is 8.64. The number of nitrogens with two attached hydrogens (primary N) is 1. The van der Waals surface area contributed by atoms with Gasteiger partial charge in [-0.3, -0.25) is 0 Å². The lowest BCUT2D eigenvalue weighted by atomic mass is 9.76. The standard InChI is InChI=1S/C15H29N3O/c1-14(2,3)11(9-10-16)7-8-12-17-13(18-19-12)15(4,5)6/h11H,7-10,16H2,1-6H3. The van der Waals surface area contributed by atoms with Crippen LogP contribution >= 0.6 is 0 Å². The summed E-state index contributed by atoms with van der Waals surface area (Å²) in [6.07, 6.45) is 2.93. The molecule has 1 aromatic rings. The van der Waals surface area contributed by atoms with Gasteiger partial charge < -0.3 is 10.3 Å². The van der Waals surface area contributed by atoms with Crippen LogP contribution in [0.4, 0.5) is 0 Å². The SMILES string of the molecule is CC(C)(C)c1noc(CCC(CCN)C(C)(C)C)n1. The first-order valence-electron chi connectivity index (χ1n) is 7.17. The topological polar surface area (TPSA) is 64.9 Å². The Hall–Kier alpha value is -0.900. The Morgan fingerprint density at radius 1 is 1.11 bits per heavy atom. The van der Waals surface area contributed by atoms with Gasteiger partial charge in [-0.15, -0.1) is 0 Å². The maximum atomic E-state index is 5.70. The first-order valence-corrected chi connectivity index (χ1v) is 7.17. The lowest BCUT2D eigenvalue weighted by Gasteiger charge is -2.30. The number of aryl methyl sites for hydroxylation is 1. The van der Waals surface area contributed by atoms with Crippen LogP contribution in [0.3, 0.4) is 0 Å². The summed E-state index contributed by atoms with van der Waals surface area (Å²) in [7, 11) is 0. The van der Waals surface area contributed by atoms with Gasteiger partial charge in [-0.05, 0) is 30.7 Å². The highest BCUT2D eigenvalue weighted by molar-refractivity contribution is 5.00. The predicted molar refractivity (Wildman–Crippen MR) is 77.9 cm³/mol. The Balaban J connectivity index is 2.62. The van der Waals surface area contributed by atoms with Crippen molar-refractivity contribution < 1.29 is 4.52 Å². The van der Waals surface area contributed by atoms with Crippen LogP contribution in [0.15, 0.2) is 4.52 Å². The highest BCUT2D eigenvalue weighted by atomic mass is 16.5. The minimum Gasteiger partial charge on any atom is -0.339 e. The van der Waals surface area contributed by atoms with Crippen LogP contribution in [-0.4, -0.2) is 16.7 Å². The molecule has 1 atom stereocenters. The van der Waals surface area contributed by atoms with Gasteiger partial charge in [0.1, 0.15) is 0 Å². The Labute approximate surface area is 117 Å². The molecule has 0 saturated heterocycles. The maximum absolute atomic E-state index is 5.70. The van der Waals surface area contributed by atoms with Gasteiger partial charge in [0.2, 0.25) is 5.89 Å². The summed E-state index contributed by atoms with van der Waals surface area (Å²) in [5.41, 5.74) is 5.92. The van der Waals surface area contributed by atoms with Crippen LogP contribution in [0.1, 0.15) is 66.1 Å². The van der Waals surface area contributed by atoms with Crippen LogP contribution in [0, 0.1) is 11.3 Å². The Morgan fingerprint density at radius 2 is 1.74 bits per heavy atom. The van der Waals surface area contributed by atoms with E-state index in [4.69, 9.17) is 10.3 Å². The monoisotopic (exact) mass is 267 g/mol. The van der Waals surface area contributed by atoms with Gasteiger partial charge in [-0.1, -0.05) is 46.7 Å². The lowest BCUT2D eigenvalue weighted by Crippen LogP contribution is -2.24. The van der Waals surface area contributed by atoms with E-state index >= 15 is 0 Å². The summed E-state index contributed by atoms with van der Waals surface area (Å²) in [6, 6.07) is 0. The van der Waals surface area contributed by atoms with Crippen molar-refractivity contribution in [2.24, 2.45) is 17.1 Å². The maximum Gasteiger partial charge on any atom is 0.226 e. The summed E-state index contributed by atoms with van der Waals surface area (Å²) in [6.45, 7) is 13.8. The van der Waals surface area contributed by atoms with Crippen molar-refractivity contribution in [1.29, 1.82) is 0 Å². The summed E-state index contributed by atoms with van der Waals surface area (Å²) in [5, 5.41) is 4.06. The van der Waals surface area contributed by atoms with E-state index in [0.717, 1.165) is 37.5 Å². The number of nitrogens with zero attached hydrogens (tertiary/aromatic N) is 2. The molecule has 1 unspecified atom stereocenters. The summed E-state index contributed by atoms with van der Waals surface area (Å²) >= 11 is 0. The molecule has 1 aromatic heterocycles. The van der Waals surface area contributed by atoms with Crippen LogP contribution in [-0.2, 0) is 11.8 Å². The number of rotatable bonds is 5. The fourth-order valence-corrected chi connectivity index (χ4v) is 2.17. The van der Waals surface area contributed by atoms with Crippen molar-refractivity contribution in [3.05, 3.63) is 11.7 Å². The van der Waals surface area contributed by atoms with Crippen LogP contribution < -0.4 is 5.73 Å². The molecule has 4 nitrogen and oxygen atoms in total. The molecule has 0 aliphatic rings. The van der Waals surface area contributed by atoms with E-state index in [0.29, 0.717) is 5.92 Å². The molecule has 110 valence electrons. The second-order valence-electron chi connectivity index (χ2n) is 7.44. The minimum atomic E-state index is -0.0531. The molecule has 0 fully saturated rings. The molecular formula is C15H29N3O. The number of hydrogen-bond donors (Lipinski definition) is 1. The van der Waals surface area contributed by atoms with E-state index in [1.165, 1.54) is 0 Å². The van der Waals surface area contributed by atoms with Crippen molar-refractivity contribution in [2.45, 2.75) is 66.2 Å². The molecule has 0 radical (unpaired) electrons. The number of aromatic nitrogens is 2. The lowest BCUT2D eigenvalue weighted by molar-refractivity contribution is 0.208. The van der Waals surface area contributed by atoms with Gasteiger partial charge >= 0.3 is 0 Å². The predicted octanol–water partition coefficient (Wildman–Crippen LogP) is 3.31. The minimum absolute atomic E-state index is 0.0531. The molecule has 19 heavy (non-hydrogen) atoms. The average Bonchev–Trinajstić information content (AvgIpc) is 2.70. The van der Waals surface area contributed by atoms with E-state index in [1.54, 1.807) is 0 Å². The third-order valence-electron chi connectivity index (χ3n) is 3.59. The third kappa shape index (κ3) is 4.94. The van der Waals surface area contributed by atoms with Crippen molar-refractivity contribution in [1.82, 2.24) is 10.1 Å². The van der Waals surface area contributed by atoms with Crippen LogP contribution in [0.25, 0.3) is 0 Å². The van der Waals surface area contributed by atoms with Gasteiger partial charge in [0.25, 0.3) is 0 Å². The van der Waals surface area contributed by atoms with Gasteiger partial charge in [-0.2, -0.15) is 4.98 Å².